The number of anilines is 3. The lowest BCUT2D eigenvalue weighted by Gasteiger charge is -2.12. The van der Waals surface area contributed by atoms with Crippen LogP contribution >= 0.6 is 22.9 Å². The minimum atomic E-state index is -1.53. The quantitative estimate of drug-likeness (QED) is 0.301. The number of thiazole rings is 1. The van der Waals surface area contributed by atoms with Gasteiger partial charge in [-0.1, -0.05) is 25.4 Å². The first-order valence-corrected chi connectivity index (χ1v) is 12.3. The van der Waals surface area contributed by atoms with Gasteiger partial charge in [-0.25, -0.2) is 9.19 Å². The molecule has 0 aliphatic rings. The summed E-state index contributed by atoms with van der Waals surface area (Å²) in [6.45, 7) is 4.00. The van der Waals surface area contributed by atoms with Crippen molar-refractivity contribution in [3.05, 3.63) is 77.4 Å². The van der Waals surface area contributed by atoms with Crippen LogP contribution in [0, 0.1) is 0 Å². The molecule has 9 heteroatoms. The van der Waals surface area contributed by atoms with Crippen molar-refractivity contribution in [2.75, 3.05) is 17.1 Å². The third-order valence-electron chi connectivity index (χ3n) is 4.13. The Balaban J connectivity index is 0.00000141. The molecule has 0 fully saturated rings. The molecule has 0 spiro atoms. The van der Waals surface area contributed by atoms with E-state index in [0.717, 1.165) is 22.1 Å². The Morgan fingerprint density at radius 3 is 2.50 bits per heavy atom. The summed E-state index contributed by atoms with van der Waals surface area (Å²) in [7, 11) is 0.0195. The minimum Gasteiger partial charge on any atom is -0.495 e. The summed E-state index contributed by atoms with van der Waals surface area (Å²) in [5.74, 6) is 0.524. The Labute approximate surface area is 199 Å². The maximum absolute atomic E-state index is 12.9. The number of aromatic nitrogens is 2. The van der Waals surface area contributed by atoms with Crippen molar-refractivity contribution in [3.8, 4) is 17.0 Å². The van der Waals surface area contributed by atoms with E-state index in [2.05, 4.69) is 20.0 Å². The molecule has 4 rings (SSSR count). The van der Waals surface area contributed by atoms with Gasteiger partial charge in [-0.3, -0.25) is 4.98 Å². The SMILES string of the molecule is CC.COc1ccc(Nc2nc(-c3cccnc3)cs2)cc1S(=O)Nc1ccc(Cl)cc1. The van der Waals surface area contributed by atoms with Gasteiger partial charge >= 0.3 is 0 Å². The van der Waals surface area contributed by atoms with Crippen molar-refractivity contribution in [2.45, 2.75) is 18.7 Å². The first-order valence-electron chi connectivity index (χ1n) is 9.87. The second kappa shape index (κ2) is 11.6. The van der Waals surface area contributed by atoms with Crippen molar-refractivity contribution in [2.24, 2.45) is 0 Å². The first kappa shape index (κ1) is 23.7. The molecule has 0 radical (unpaired) electrons. The van der Waals surface area contributed by atoms with E-state index in [1.54, 1.807) is 55.9 Å². The molecule has 1 atom stereocenters. The fourth-order valence-corrected chi connectivity index (χ4v) is 4.57. The highest BCUT2D eigenvalue weighted by molar-refractivity contribution is 7.86. The molecule has 6 nitrogen and oxygen atoms in total. The molecule has 0 aliphatic heterocycles. The van der Waals surface area contributed by atoms with Gasteiger partial charge in [0.05, 0.1) is 12.8 Å². The van der Waals surface area contributed by atoms with E-state index in [0.29, 0.717) is 21.4 Å². The molecule has 1 unspecified atom stereocenters. The standard InChI is InChI=1S/C21H17ClN4O2S2.C2H6/c1-28-19-9-8-17(11-20(19)30(27)26-16-6-4-15(22)5-7-16)24-21-25-18(13-29-21)14-3-2-10-23-12-14;1-2/h2-13,26H,1H3,(H,24,25);1-2H3. The summed E-state index contributed by atoms with van der Waals surface area (Å²) in [6, 6.07) is 16.3. The Morgan fingerprint density at radius 1 is 1.06 bits per heavy atom. The van der Waals surface area contributed by atoms with E-state index in [1.165, 1.54) is 11.3 Å². The highest BCUT2D eigenvalue weighted by Gasteiger charge is 2.13. The summed E-state index contributed by atoms with van der Waals surface area (Å²) in [5.41, 5.74) is 3.24. The molecule has 0 saturated carbocycles. The van der Waals surface area contributed by atoms with Crippen LogP contribution in [0.4, 0.5) is 16.5 Å². The van der Waals surface area contributed by atoms with Gasteiger partial charge in [0.2, 0.25) is 0 Å². The number of rotatable bonds is 7. The molecule has 0 aliphatic carbocycles. The normalized spacial score (nSPS) is 11.1. The van der Waals surface area contributed by atoms with Gasteiger partial charge in [-0.05, 0) is 54.6 Å². The van der Waals surface area contributed by atoms with Crippen LogP contribution in [-0.4, -0.2) is 21.3 Å². The van der Waals surface area contributed by atoms with E-state index in [1.807, 2.05) is 37.4 Å². The van der Waals surface area contributed by atoms with Crippen molar-refractivity contribution in [3.63, 3.8) is 0 Å². The molecule has 166 valence electrons. The number of benzene rings is 2. The molecule has 0 bridgehead atoms. The fraction of sp³-hybridized carbons (Fsp3) is 0.130. The molecule has 2 aromatic carbocycles. The molecule has 0 amide bonds. The molecule has 32 heavy (non-hydrogen) atoms. The van der Waals surface area contributed by atoms with Crippen LogP contribution in [0.3, 0.4) is 0 Å². The zero-order chi connectivity index (χ0) is 22.9. The number of nitrogens with one attached hydrogen (secondary N) is 2. The average Bonchev–Trinajstić information content (AvgIpc) is 3.31. The summed E-state index contributed by atoms with van der Waals surface area (Å²) in [5, 5.41) is 6.56. The zero-order valence-corrected chi connectivity index (χ0v) is 20.2. The number of pyridine rings is 1. The van der Waals surface area contributed by atoms with Crippen molar-refractivity contribution in [1.29, 1.82) is 0 Å². The van der Waals surface area contributed by atoms with E-state index >= 15 is 0 Å². The van der Waals surface area contributed by atoms with Gasteiger partial charge in [-0.2, -0.15) is 0 Å². The van der Waals surface area contributed by atoms with Gasteiger partial charge in [0, 0.05) is 39.7 Å². The van der Waals surface area contributed by atoms with E-state index in [4.69, 9.17) is 16.3 Å². The summed E-state index contributed by atoms with van der Waals surface area (Å²) >= 11 is 7.39. The lowest BCUT2D eigenvalue weighted by molar-refractivity contribution is 0.404. The van der Waals surface area contributed by atoms with Gasteiger partial charge in [-0.15, -0.1) is 11.3 Å². The lowest BCUT2D eigenvalue weighted by Crippen LogP contribution is -2.07. The second-order valence-corrected chi connectivity index (χ2v) is 8.62. The predicted molar refractivity (Wildman–Crippen MR) is 134 cm³/mol. The van der Waals surface area contributed by atoms with Crippen molar-refractivity contribution < 1.29 is 8.95 Å². The maximum atomic E-state index is 12.9. The monoisotopic (exact) mass is 486 g/mol. The number of hydrogen-bond acceptors (Lipinski definition) is 6. The topological polar surface area (TPSA) is 76.1 Å². The smallest absolute Gasteiger partial charge is 0.187 e. The van der Waals surface area contributed by atoms with Crippen molar-refractivity contribution >= 4 is 50.4 Å². The third kappa shape index (κ3) is 6.06. The van der Waals surface area contributed by atoms with E-state index in [9.17, 15) is 4.21 Å². The summed E-state index contributed by atoms with van der Waals surface area (Å²) < 4.78 is 21.3. The number of halogens is 1. The van der Waals surface area contributed by atoms with E-state index < -0.39 is 11.0 Å². The molecular weight excluding hydrogens is 464 g/mol. The number of nitrogens with zero attached hydrogens (tertiary/aromatic N) is 2. The highest BCUT2D eigenvalue weighted by atomic mass is 35.5. The number of hydrogen-bond donors (Lipinski definition) is 2. The Bertz CT molecular complexity index is 1170. The number of ether oxygens (including phenoxy) is 1. The predicted octanol–water partition coefficient (Wildman–Crippen LogP) is 6.77. The Hall–Kier alpha value is -2.94. The Morgan fingerprint density at radius 2 is 1.81 bits per heavy atom. The molecule has 2 aromatic heterocycles. The van der Waals surface area contributed by atoms with Crippen molar-refractivity contribution in [1.82, 2.24) is 9.97 Å². The average molecular weight is 487 g/mol. The zero-order valence-electron chi connectivity index (χ0n) is 17.8. The Kier molecular flexibility index (Phi) is 8.61. The van der Waals surface area contributed by atoms with Crippen LogP contribution in [0.2, 0.25) is 5.02 Å². The van der Waals surface area contributed by atoms with Crippen LogP contribution in [-0.2, 0) is 11.0 Å². The van der Waals surface area contributed by atoms with Crippen LogP contribution in [0.15, 0.2) is 77.3 Å². The van der Waals surface area contributed by atoms with Crippen LogP contribution in [0.1, 0.15) is 13.8 Å². The molecular formula is C23H23ClN4O2S2. The van der Waals surface area contributed by atoms with Crippen LogP contribution in [0.25, 0.3) is 11.3 Å². The molecule has 4 aromatic rings. The fourth-order valence-electron chi connectivity index (χ4n) is 2.68. The van der Waals surface area contributed by atoms with Gasteiger partial charge in [0.15, 0.2) is 16.1 Å². The minimum absolute atomic E-state index is 0.515. The van der Waals surface area contributed by atoms with Crippen LogP contribution in [0.5, 0.6) is 5.75 Å². The third-order valence-corrected chi connectivity index (χ3v) is 6.28. The highest BCUT2D eigenvalue weighted by Crippen LogP contribution is 2.31. The van der Waals surface area contributed by atoms with Crippen LogP contribution < -0.4 is 14.8 Å². The van der Waals surface area contributed by atoms with Gasteiger partial charge in [0.1, 0.15) is 10.6 Å². The van der Waals surface area contributed by atoms with E-state index in [-0.39, 0.29) is 0 Å². The molecule has 2 heterocycles. The largest absolute Gasteiger partial charge is 0.495 e. The maximum Gasteiger partial charge on any atom is 0.187 e. The second-order valence-electron chi connectivity index (χ2n) is 6.15. The summed E-state index contributed by atoms with van der Waals surface area (Å²) in [4.78, 5) is 9.24. The van der Waals surface area contributed by atoms with Gasteiger partial charge in [0.25, 0.3) is 0 Å². The number of methoxy groups -OCH3 is 1. The molecule has 2 N–H and O–H groups in total. The lowest BCUT2D eigenvalue weighted by atomic mass is 10.2. The van der Waals surface area contributed by atoms with Gasteiger partial charge < -0.3 is 14.8 Å². The first-order chi connectivity index (χ1) is 15.6. The molecule has 0 saturated heterocycles. The summed E-state index contributed by atoms with van der Waals surface area (Å²) in [6.07, 6.45) is 3.50.